The summed E-state index contributed by atoms with van der Waals surface area (Å²) in [5.41, 5.74) is 1.12. The molecular formula is C20H20Cl2N4O3S3. The minimum absolute atomic E-state index is 0.0495. The van der Waals surface area contributed by atoms with Crippen molar-refractivity contribution in [3.63, 3.8) is 0 Å². The Labute approximate surface area is 205 Å². The smallest absolute Gasteiger partial charge is 0.264 e. The maximum Gasteiger partial charge on any atom is 0.264 e. The molecule has 3 rings (SSSR count). The van der Waals surface area contributed by atoms with Crippen LogP contribution in [0.5, 0.6) is 0 Å². The van der Waals surface area contributed by atoms with Gasteiger partial charge in [0.1, 0.15) is 6.54 Å². The van der Waals surface area contributed by atoms with Crippen LogP contribution in [0, 0.1) is 6.92 Å². The Morgan fingerprint density at radius 2 is 1.81 bits per heavy atom. The minimum atomic E-state index is -4.06. The van der Waals surface area contributed by atoms with E-state index < -0.39 is 22.5 Å². The first-order valence-electron chi connectivity index (χ1n) is 9.40. The topological polar surface area (TPSA) is 92.3 Å². The van der Waals surface area contributed by atoms with E-state index in [1.807, 2.05) is 20.8 Å². The van der Waals surface area contributed by atoms with Crippen LogP contribution in [0.4, 0.5) is 10.8 Å². The number of nitrogens with zero attached hydrogens (tertiary/aromatic N) is 3. The average Bonchev–Trinajstić information content (AvgIpc) is 3.14. The minimum Gasteiger partial charge on any atom is -0.299 e. The molecule has 0 aliphatic rings. The number of carbonyl (C=O) groups is 1. The SMILES string of the molecule is Cc1ccc(S(=O)(=O)N(CC(=O)Nc2nnc(SC(C)C)s2)c2ccc(Cl)c(Cl)c2)cc1. The first-order chi connectivity index (χ1) is 15.1. The van der Waals surface area contributed by atoms with Gasteiger partial charge in [-0.15, -0.1) is 10.2 Å². The summed E-state index contributed by atoms with van der Waals surface area (Å²) in [6, 6.07) is 10.8. The van der Waals surface area contributed by atoms with Crippen molar-refractivity contribution < 1.29 is 13.2 Å². The molecule has 1 amide bonds. The Morgan fingerprint density at radius 3 is 2.44 bits per heavy atom. The number of carbonyl (C=O) groups excluding carboxylic acids is 1. The largest absolute Gasteiger partial charge is 0.299 e. The normalized spacial score (nSPS) is 11.6. The maximum atomic E-state index is 13.4. The van der Waals surface area contributed by atoms with Crippen LogP contribution in [-0.2, 0) is 14.8 Å². The predicted octanol–water partition coefficient (Wildman–Crippen LogP) is 5.49. The van der Waals surface area contributed by atoms with E-state index in [1.54, 1.807) is 12.1 Å². The average molecular weight is 532 g/mol. The number of anilines is 2. The van der Waals surface area contributed by atoms with E-state index in [-0.39, 0.29) is 20.6 Å². The van der Waals surface area contributed by atoms with Crippen LogP contribution < -0.4 is 9.62 Å². The van der Waals surface area contributed by atoms with Gasteiger partial charge in [0, 0.05) is 5.25 Å². The van der Waals surface area contributed by atoms with Crippen molar-refractivity contribution in [2.75, 3.05) is 16.2 Å². The van der Waals surface area contributed by atoms with E-state index in [9.17, 15) is 13.2 Å². The molecule has 0 saturated heterocycles. The molecular weight excluding hydrogens is 511 g/mol. The van der Waals surface area contributed by atoms with Crippen molar-refractivity contribution in [3.05, 3.63) is 58.1 Å². The highest BCUT2D eigenvalue weighted by Crippen LogP contribution is 2.31. The summed E-state index contributed by atoms with van der Waals surface area (Å²) in [6.07, 6.45) is 0. The standard InChI is InChI=1S/C20H20Cl2N4O3S3/c1-12(2)30-20-25-24-19(31-20)23-18(27)11-26(14-6-9-16(21)17(22)10-14)32(28,29)15-7-4-13(3)5-8-15/h4-10,12H,11H2,1-3H3,(H,23,24,27). The molecule has 0 fully saturated rings. The predicted molar refractivity (Wildman–Crippen MR) is 132 cm³/mol. The third-order valence-electron chi connectivity index (χ3n) is 4.08. The number of hydrogen-bond acceptors (Lipinski definition) is 7. The molecule has 12 heteroatoms. The van der Waals surface area contributed by atoms with Gasteiger partial charge in [0.25, 0.3) is 10.0 Å². The van der Waals surface area contributed by atoms with Gasteiger partial charge in [0.2, 0.25) is 11.0 Å². The van der Waals surface area contributed by atoms with Crippen LogP contribution in [0.2, 0.25) is 10.0 Å². The second-order valence-corrected chi connectivity index (χ2v) is 12.5. The highest BCUT2D eigenvalue weighted by molar-refractivity contribution is 8.01. The number of benzene rings is 2. The van der Waals surface area contributed by atoms with E-state index >= 15 is 0 Å². The number of thioether (sulfide) groups is 1. The van der Waals surface area contributed by atoms with Crippen LogP contribution >= 0.6 is 46.3 Å². The molecule has 2 aromatic carbocycles. The number of aromatic nitrogens is 2. The Balaban J connectivity index is 1.90. The number of aryl methyl sites for hydroxylation is 1. The molecule has 3 aromatic rings. The van der Waals surface area contributed by atoms with E-state index in [2.05, 4.69) is 15.5 Å². The maximum absolute atomic E-state index is 13.4. The number of halogens is 2. The molecule has 0 radical (unpaired) electrons. The van der Waals surface area contributed by atoms with Crippen LogP contribution in [0.3, 0.4) is 0 Å². The summed E-state index contributed by atoms with van der Waals surface area (Å²) in [5.74, 6) is -0.566. The van der Waals surface area contributed by atoms with Gasteiger partial charge >= 0.3 is 0 Å². The molecule has 0 atom stereocenters. The van der Waals surface area contributed by atoms with Crippen molar-refractivity contribution in [1.82, 2.24) is 10.2 Å². The van der Waals surface area contributed by atoms with Gasteiger partial charge in [-0.2, -0.15) is 0 Å². The zero-order valence-electron chi connectivity index (χ0n) is 17.4. The van der Waals surface area contributed by atoms with Crippen molar-refractivity contribution >= 4 is 73.0 Å². The molecule has 0 saturated carbocycles. The highest BCUT2D eigenvalue weighted by atomic mass is 35.5. The highest BCUT2D eigenvalue weighted by Gasteiger charge is 2.28. The van der Waals surface area contributed by atoms with E-state index in [0.29, 0.717) is 14.7 Å². The van der Waals surface area contributed by atoms with E-state index in [1.165, 1.54) is 53.4 Å². The fourth-order valence-corrected chi connectivity index (χ4v) is 6.29. The molecule has 0 aliphatic carbocycles. The lowest BCUT2D eigenvalue weighted by atomic mass is 10.2. The summed E-state index contributed by atoms with van der Waals surface area (Å²) in [5, 5.41) is 11.7. The molecule has 1 aromatic heterocycles. The molecule has 1 N–H and O–H groups in total. The van der Waals surface area contributed by atoms with Gasteiger partial charge in [-0.05, 0) is 37.3 Å². The van der Waals surface area contributed by atoms with Gasteiger partial charge in [-0.25, -0.2) is 8.42 Å². The van der Waals surface area contributed by atoms with Gasteiger partial charge < -0.3 is 0 Å². The van der Waals surface area contributed by atoms with Crippen LogP contribution in [0.15, 0.2) is 51.7 Å². The quantitative estimate of drug-likeness (QED) is 0.305. The van der Waals surface area contributed by atoms with Crippen molar-refractivity contribution in [2.45, 2.75) is 35.3 Å². The monoisotopic (exact) mass is 530 g/mol. The zero-order valence-corrected chi connectivity index (χ0v) is 21.3. The Hall–Kier alpha value is -1.85. The molecule has 170 valence electrons. The van der Waals surface area contributed by atoms with Crippen LogP contribution in [-0.4, -0.2) is 36.3 Å². The van der Waals surface area contributed by atoms with Crippen LogP contribution in [0.1, 0.15) is 19.4 Å². The number of nitrogens with one attached hydrogen (secondary N) is 1. The van der Waals surface area contributed by atoms with Crippen molar-refractivity contribution in [2.24, 2.45) is 0 Å². The molecule has 32 heavy (non-hydrogen) atoms. The number of rotatable bonds is 8. The Bertz CT molecular complexity index is 1220. The second kappa shape index (κ2) is 10.4. The first-order valence-corrected chi connectivity index (χ1v) is 13.3. The first kappa shape index (κ1) is 24.8. The number of hydrogen-bond donors (Lipinski definition) is 1. The summed E-state index contributed by atoms with van der Waals surface area (Å²) >= 11 is 14.9. The summed E-state index contributed by atoms with van der Waals surface area (Å²) in [4.78, 5) is 12.8. The molecule has 0 spiro atoms. The fraction of sp³-hybridized carbons (Fsp3) is 0.250. The Kier molecular flexibility index (Phi) is 8.05. The Morgan fingerprint density at radius 1 is 1.12 bits per heavy atom. The molecule has 0 aliphatic heterocycles. The second-order valence-electron chi connectivity index (χ2n) is 7.01. The van der Waals surface area contributed by atoms with Crippen LogP contribution in [0.25, 0.3) is 0 Å². The third-order valence-corrected chi connectivity index (χ3v) is 8.53. The summed E-state index contributed by atoms with van der Waals surface area (Å²) < 4.78 is 28.5. The molecule has 7 nitrogen and oxygen atoms in total. The lowest BCUT2D eigenvalue weighted by Crippen LogP contribution is -2.38. The van der Waals surface area contributed by atoms with Crippen molar-refractivity contribution in [3.8, 4) is 0 Å². The molecule has 0 unspecified atom stereocenters. The summed E-state index contributed by atoms with van der Waals surface area (Å²) in [6.45, 7) is 5.42. The lowest BCUT2D eigenvalue weighted by Gasteiger charge is -2.24. The fourth-order valence-electron chi connectivity index (χ4n) is 2.59. The lowest BCUT2D eigenvalue weighted by molar-refractivity contribution is -0.114. The third kappa shape index (κ3) is 6.14. The van der Waals surface area contributed by atoms with Gasteiger partial charge in [0.15, 0.2) is 4.34 Å². The number of amides is 1. The summed E-state index contributed by atoms with van der Waals surface area (Å²) in [7, 11) is -4.06. The van der Waals surface area contributed by atoms with Crippen molar-refractivity contribution in [1.29, 1.82) is 0 Å². The molecule has 1 heterocycles. The van der Waals surface area contributed by atoms with Gasteiger partial charge in [-0.1, -0.05) is 77.8 Å². The van der Waals surface area contributed by atoms with Gasteiger partial charge in [0.05, 0.1) is 20.6 Å². The number of sulfonamides is 1. The van der Waals surface area contributed by atoms with Gasteiger partial charge in [-0.3, -0.25) is 14.4 Å². The van der Waals surface area contributed by atoms with E-state index in [0.717, 1.165) is 9.87 Å². The zero-order chi connectivity index (χ0) is 23.5. The van der Waals surface area contributed by atoms with E-state index in [4.69, 9.17) is 23.2 Å². The molecule has 0 bridgehead atoms.